The molecule has 0 unspecified atom stereocenters. The molecule has 6 nitrogen and oxygen atoms in total. The summed E-state index contributed by atoms with van der Waals surface area (Å²) in [6.45, 7) is 4.08. The molecule has 0 aliphatic heterocycles. The fourth-order valence-corrected chi connectivity index (χ4v) is 3.11. The van der Waals surface area contributed by atoms with Crippen LogP contribution < -0.4 is 0 Å². The van der Waals surface area contributed by atoms with Crippen molar-refractivity contribution in [1.82, 2.24) is 20.3 Å². The van der Waals surface area contributed by atoms with E-state index in [1.165, 1.54) is 11.1 Å². The standard InChI is InChI=1S/C24H18N4O2/c1-15-6-10-17(11-7-15)21-25-23(29-27-21)19-4-3-5-20(14-19)24-26-22(28-30-24)18-12-8-16(2)9-13-18/h3-14H,1-2H3. The second-order valence-corrected chi connectivity index (χ2v) is 7.16. The Balaban J connectivity index is 1.44. The molecule has 6 heteroatoms. The Bertz CT molecular complexity index is 1200. The molecule has 0 spiro atoms. The normalized spacial score (nSPS) is 11.0. The molecular formula is C24H18N4O2. The van der Waals surface area contributed by atoms with Crippen LogP contribution in [-0.2, 0) is 0 Å². The highest BCUT2D eigenvalue weighted by Crippen LogP contribution is 2.28. The maximum Gasteiger partial charge on any atom is 0.258 e. The highest BCUT2D eigenvalue weighted by atomic mass is 16.5. The molecule has 2 aromatic heterocycles. The van der Waals surface area contributed by atoms with E-state index >= 15 is 0 Å². The molecule has 146 valence electrons. The second-order valence-electron chi connectivity index (χ2n) is 7.16. The minimum absolute atomic E-state index is 0.436. The number of aromatic nitrogens is 4. The predicted octanol–water partition coefficient (Wildman–Crippen LogP) is 5.74. The molecule has 2 heterocycles. The summed E-state index contributed by atoms with van der Waals surface area (Å²) in [6.07, 6.45) is 0. The fourth-order valence-electron chi connectivity index (χ4n) is 3.11. The molecule has 0 N–H and O–H groups in total. The van der Waals surface area contributed by atoms with Crippen molar-refractivity contribution in [2.75, 3.05) is 0 Å². The summed E-state index contributed by atoms with van der Waals surface area (Å²) in [5, 5.41) is 8.22. The van der Waals surface area contributed by atoms with Crippen LogP contribution in [0.25, 0.3) is 45.7 Å². The molecule has 3 aromatic carbocycles. The summed E-state index contributed by atoms with van der Waals surface area (Å²) >= 11 is 0. The molecule has 5 rings (SSSR count). The van der Waals surface area contributed by atoms with Crippen molar-refractivity contribution in [3.8, 4) is 45.7 Å². The van der Waals surface area contributed by atoms with Gasteiger partial charge in [-0.2, -0.15) is 9.97 Å². The number of hydrogen-bond donors (Lipinski definition) is 0. The van der Waals surface area contributed by atoms with Gasteiger partial charge in [0.05, 0.1) is 0 Å². The number of nitrogens with zero attached hydrogens (tertiary/aromatic N) is 4. The minimum Gasteiger partial charge on any atom is -0.334 e. The van der Waals surface area contributed by atoms with Gasteiger partial charge >= 0.3 is 0 Å². The van der Waals surface area contributed by atoms with Crippen LogP contribution in [0.2, 0.25) is 0 Å². The van der Waals surface area contributed by atoms with Crippen LogP contribution in [0.4, 0.5) is 0 Å². The molecule has 0 saturated carbocycles. The van der Waals surface area contributed by atoms with Crippen LogP contribution in [-0.4, -0.2) is 20.3 Å². The topological polar surface area (TPSA) is 77.8 Å². The smallest absolute Gasteiger partial charge is 0.258 e. The third kappa shape index (κ3) is 3.51. The zero-order chi connectivity index (χ0) is 20.5. The monoisotopic (exact) mass is 394 g/mol. The zero-order valence-electron chi connectivity index (χ0n) is 16.5. The average Bonchev–Trinajstić information content (AvgIpc) is 3.45. The molecular weight excluding hydrogens is 376 g/mol. The van der Waals surface area contributed by atoms with Gasteiger partial charge in [0, 0.05) is 22.3 Å². The van der Waals surface area contributed by atoms with E-state index in [9.17, 15) is 0 Å². The van der Waals surface area contributed by atoms with Crippen LogP contribution >= 0.6 is 0 Å². The number of benzene rings is 3. The molecule has 0 fully saturated rings. The van der Waals surface area contributed by atoms with Gasteiger partial charge < -0.3 is 9.05 Å². The van der Waals surface area contributed by atoms with E-state index in [0.717, 1.165) is 22.3 Å². The lowest BCUT2D eigenvalue weighted by molar-refractivity contribution is 0.431. The van der Waals surface area contributed by atoms with E-state index in [1.54, 1.807) is 0 Å². The Morgan fingerprint density at radius 3 is 1.40 bits per heavy atom. The van der Waals surface area contributed by atoms with Crippen LogP contribution in [0, 0.1) is 13.8 Å². The van der Waals surface area contributed by atoms with E-state index < -0.39 is 0 Å². The van der Waals surface area contributed by atoms with Crippen molar-refractivity contribution in [3.05, 3.63) is 83.9 Å². The fraction of sp³-hybridized carbons (Fsp3) is 0.0833. The third-order valence-electron chi connectivity index (χ3n) is 4.83. The van der Waals surface area contributed by atoms with Gasteiger partial charge in [0.2, 0.25) is 11.6 Å². The maximum absolute atomic E-state index is 5.48. The summed E-state index contributed by atoms with van der Waals surface area (Å²) in [5.74, 6) is 1.97. The van der Waals surface area contributed by atoms with Gasteiger partial charge in [0.25, 0.3) is 11.8 Å². The zero-order valence-corrected chi connectivity index (χ0v) is 16.5. The van der Waals surface area contributed by atoms with Gasteiger partial charge in [-0.1, -0.05) is 76.0 Å². The Morgan fingerprint density at radius 2 is 0.967 bits per heavy atom. The summed E-state index contributed by atoms with van der Waals surface area (Å²) in [6, 6.07) is 23.6. The summed E-state index contributed by atoms with van der Waals surface area (Å²) in [4.78, 5) is 9.06. The molecule has 0 aliphatic rings. The van der Waals surface area contributed by atoms with E-state index in [1.807, 2.05) is 86.6 Å². The molecule has 5 aromatic rings. The lowest BCUT2D eigenvalue weighted by atomic mass is 10.1. The maximum atomic E-state index is 5.48. The average molecular weight is 394 g/mol. The molecule has 0 aliphatic carbocycles. The van der Waals surface area contributed by atoms with Crippen molar-refractivity contribution in [3.63, 3.8) is 0 Å². The quantitative estimate of drug-likeness (QED) is 0.387. The molecule has 0 saturated heterocycles. The summed E-state index contributed by atoms with van der Waals surface area (Å²) < 4.78 is 11.0. The van der Waals surface area contributed by atoms with E-state index in [2.05, 4.69) is 20.3 Å². The van der Waals surface area contributed by atoms with Crippen LogP contribution in [0.5, 0.6) is 0 Å². The SMILES string of the molecule is Cc1ccc(-c2noc(-c3cccc(-c4nc(-c5ccc(C)cc5)no4)c3)n2)cc1. The van der Waals surface area contributed by atoms with Crippen molar-refractivity contribution in [2.45, 2.75) is 13.8 Å². The Morgan fingerprint density at radius 1 is 0.533 bits per heavy atom. The van der Waals surface area contributed by atoms with Crippen LogP contribution in [0.15, 0.2) is 81.8 Å². The van der Waals surface area contributed by atoms with Gasteiger partial charge in [0.1, 0.15) is 0 Å². The lowest BCUT2D eigenvalue weighted by Gasteiger charge is -1.98. The van der Waals surface area contributed by atoms with E-state index in [-0.39, 0.29) is 0 Å². The Kier molecular flexibility index (Phi) is 4.44. The molecule has 0 atom stereocenters. The first kappa shape index (κ1) is 18.0. The molecule has 0 radical (unpaired) electrons. The van der Waals surface area contributed by atoms with E-state index in [4.69, 9.17) is 9.05 Å². The summed E-state index contributed by atoms with van der Waals surface area (Å²) in [5.41, 5.74) is 5.75. The molecule has 30 heavy (non-hydrogen) atoms. The number of hydrogen-bond acceptors (Lipinski definition) is 6. The van der Waals surface area contributed by atoms with Gasteiger partial charge in [-0.15, -0.1) is 0 Å². The van der Waals surface area contributed by atoms with Crippen molar-refractivity contribution >= 4 is 0 Å². The Hall–Kier alpha value is -4.06. The Labute approximate surface area is 173 Å². The van der Waals surface area contributed by atoms with Crippen LogP contribution in [0.1, 0.15) is 11.1 Å². The van der Waals surface area contributed by atoms with Gasteiger partial charge in [-0.3, -0.25) is 0 Å². The first-order valence-corrected chi connectivity index (χ1v) is 9.58. The van der Waals surface area contributed by atoms with Crippen molar-refractivity contribution in [1.29, 1.82) is 0 Å². The molecule has 0 bridgehead atoms. The first-order valence-electron chi connectivity index (χ1n) is 9.58. The second kappa shape index (κ2) is 7.40. The van der Waals surface area contributed by atoms with Gasteiger partial charge in [0.15, 0.2) is 0 Å². The van der Waals surface area contributed by atoms with Crippen LogP contribution in [0.3, 0.4) is 0 Å². The summed E-state index contributed by atoms with van der Waals surface area (Å²) in [7, 11) is 0. The third-order valence-corrected chi connectivity index (χ3v) is 4.83. The highest BCUT2D eigenvalue weighted by molar-refractivity contribution is 5.67. The minimum atomic E-state index is 0.436. The first-order chi connectivity index (χ1) is 14.7. The number of rotatable bonds is 4. The highest BCUT2D eigenvalue weighted by Gasteiger charge is 2.14. The van der Waals surface area contributed by atoms with E-state index in [0.29, 0.717) is 23.4 Å². The largest absolute Gasteiger partial charge is 0.334 e. The predicted molar refractivity (Wildman–Crippen MR) is 113 cm³/mol. The molecule has 0 amide bonds. The van der Waals surface area contributed by atoms with Gasteiger partial charge in [-0.25, -0.2) is 0 Å². The van der Waals surface area contributed by atoms with Gasteiger partial charge in [-0.05, 0) is 32.0 Å². The van der Waals surface area contributed by atoms with Crippen molar-refractivity contribution < 1.29 is 9.05 Å². The lowest BCUT2D eigenvalue weighted by Crippen LogP contribution is -1.84. The number of aryl methyl sites for hydroxylation is 2. The van der Waals surface area contributed by atoms with Crippen molar-refractivity contribution in [2.24, 2.45) is 0 Å².